The fourth-order valence-electron chi connectivity index (χ4n) is 6.74. The minimum absolute atomic E-state index is 0.304. The minimum Gasteiger partial charge on any atom is -0.479 e. The van der Waals surface area contributed by atoms with E-state index in [0.29, 0.717) is 11.6 Å². The molecule has 0 aliphatic carbocycles. The van der Waals surface area contributed by atoms with Crippen molar-refractivity contribution in [3.63, 3.8) is 0 Å². The Balaban J connectivity index is 0.877. The van der Waals surface area contributed by atoms with Crippen molar-refractivity contribution in [3.8, 4) is 27.4 Å². The van der Waals surface area contributed by atoms with Crippen molar-refractivity contribution in [1.82, 2.24) is 15.0 Å². The number of hydrogen-bond donors (Lipinski definition) is 1. The molecule has 0 unspecified atom stereocenters. The molecule has 0 fully saturated rings. The maximum atomic E-state index is 10.6. The van der Waals surface area contributed by atoms with Gasteiger partial charge in [0.15, 0.2) is 11.6 Å². The third kappa shape index (κ3) is 8.79. The zero-order valence-electron chi connectivity index (χ0n) is 31.8. The van der Waals surface area contributed by atoms with Gasteiger partial charge in [0.05, 0.1) is 9.75 Å². The van der Waals surface area contributed by atoms with Crippen LogP contribution in [0.1, 0.15) is 20.9 Å². The van der Waals surface area contributed by atoms with Crippen LogP contribution in [0.5, 0.6) is 6.01 Å². The Kier molecular flexibility index (Phi) is 11.0. The van der Waals surface area contributed by atoms with Crippen LogP contribution in [0.3, 0.4) is 0 Å². The molecule has 9 aromatic rings. The first-order valence-electron chi connectivity index (χ1n) is 19.2. The molecule has 9 rings (SSSR count). The molecule has 0 radical (unpaired) electrons. The molecular weight excluding hydrogens is 763 g/mol. The van der Waals surface area contributed by atoms with E-state index >= 15 is 0 Å². The molecule has 0 saturated carbocycles. The van der Waals surface area contributed by atoms with Crippen LogP contribution in [-0.4, -0.2) is 20.1 Å². The van der Waals surface area contributed by atoms with Crippen LogP contribution in [0, 0.1) is 0 Å². The largest absolute Gasteiger partial charge is 0.479 e. The van der Waals surface area contributed by atoms with E-state index in [4.69, 9.17) is 4.98 Å². The number of hydrogen-bond acceptors (Lipinski definition) is 8. The van der Waals surface area contributed by atoms with Gasteiger partial charge in [0.25, 0.3) is 0 Å². The zero-order chi connectivity index (χ0) is 39.8. The predicted molar refractivity (Wildman–Crippen MR) is 248 cm³/mol. The van der Waals surface area contributed by atoms with E-state index in [2.05, 4.69) is 190 Å². The maximum Gasteiger partial charge on any atom is 0.318 e. The van der Waals surface area contributed by atoms with Crippen LogP contribution in [0.2, 0.25) is 0 Å². The molecule has 0 atom stereocenters. The lowest BCUT2D eigenvalue weighted by Gasteiger charge is -2.25. The summed E-state index contributed by atoms with van der Waals surface area (Å²) in [6, 6.07) is 66.4. The summed E-state index contributed by atoms with van der Waals surface area (Å²) in [4.78, 5) is 21.6. The predicted octanol–water partition coefficient (Wildman–Crippen LogP) is 14.3. The first-order valence-corrected chi connectivity index (χ1v) is 20.8. The fraction of sp³-hybridized carbons (Fsp3) is 0. The zero-order valence-corrected chi connectivity index (χ0v) is 33.4. The first-order chi connectivity index (χ1) is 29.1. The summed E-state index contributed by atoms with van der Waals surface area (Å²) in [5, 5.41) is 10.6. The van der Waals surface area contributed by atoms with Crippen molar-refractivity contribution in [2.45, 2.75) is 0 Å². The van der Waals surface area contributed by atoms with Crippen molar-refractivity contribution in [2.24, 2.45) is 0 Å². The second-order valence-electron chi connectivity index (χ2n) is 13.5. The molecule has 0 aliphatic rings. The number of anilines is 6. The summed E-state index contributed by atoms with van der Waals surface area (Å²) in [5.74, 6) is 0.878. The Bertz CT molecular complexity index is 2550. The van der Waals surface area contributed by atoms with Crippen LogP contribution in [0.25, 0.3) is 45.7 Å². The van der Waals surface area contributed by atoms with E-state index in [0.717, 1.165) is 64.8 Å². The average Bonchev–Trinajstić information content (AvgIpc) is 3.98. The van der Waals surface area contributed by atoms with Gasteiger partial charge in [-0.05, 0) is 120 Å². The fourth-order valence-corrected chi connectivity index (χ4v) is 8.43. The van der Waals surface area contributed by atoms with E-state index in [9.17, 15) is 5.11 Å². The second-order valence-corrected chi connectivity index (χ2v) is 15.8. The molecule has 59 heavy (non-hydrogen) atoms. The number of nitrogens with zero attached hydrogens (tertiary/aromatic N) is 5. The summed E-state index contributed by atoms with van der Waals surface area (Å²) in [6.07, 6.45) is 8.38. The van der Waals surface area contributed by atoms with Gasteiger partial charge in [0.2, 0.25) is 0 Å². The van der Waals surface area contributed by atoms with Crippen molar-refractivity contribution in [3.05, 3.63) is 215 Å². The smallest absolute Gasteiger partial charge is 0.318 e. The molecule has 3 aromatic heterocycles. The summed E-state index contributed by atoms with van der Waals surface area (Å²) >= 11 is 3.12. The van der Waals surface area contributed by atoms with Crippen LogP contribution in [0.4, 0.5) is 34.1 Å². The van der Waals surface area contributed by atoms with Crippen LogP contribution < -0.4 is 9.80 Å². The highest BCUT2D eigenvalue weighted by Crippen LogP contribution is 2.37. The number of benzene rings is 6. The third-order valence-corrected chi connectivity index (χ3v) is 11.7. The average molecular weight is 800 g/mol. The topological polar surface area (TPSA) is 65.4 Å². The lowest BCUT2D eigenvalue weighted by atomic mass is 10.1. The number of rotatable bonds is 12. The number of thiophene rings is 2. The highest BCUT2D eigenvalue weighted by atomic mass is 32.1. The molecule has 3 heterocycles. The molecule has 6 nitrogen and oxygen atoms in total. The van der Waals surface area contributed by atoms with Gasteiger partial charge >= 0.3 is 6.01 Å². The van der Waals surface area contributed by atoms with Gasteiger partial charge in [-0.15, -0.1) is 22.7 Å². The Morgan fingerprint density at radius 1 is 0.339 bits per heavy atom. The quantitative estimate of drug-likeness (QED) is 0.133. The van der Waals surface area contributed by atoms with Crippen molar-refractivity contribution >= 4 is 81.1 Å². The van der Waals surface area contributed by atoms with Crippen LogP contribution >= 0.6 is 22.7 Å². The van der Waals surface area contributed by atoms with E-state index in [1.807, 2.05) is 48.5 Å². The molecule has 0 spiro atoms. The number of aromatic hydroxyl groups is 1. The summed E-state index contributed by atoms with van der Waals surface area (Å²) in [6.45, 7) is 0. The second kappa shape index (κ2) is 17.4. The van der Waals surface area contributed by atoms with E-state index < -0.39 is 0 Å². The summed E-state index contributed by atoms with van der Waals surface area (Å²) in [7, 11) is 0. The molecule has 8 heteroatoms. The lowest BCUT2D eigenvalue weighted by Crippen LogP contribution is -2.09. The van der Waals surface area contributed by atoms with Gasteiger partial charge < -0.3 is 14.9 Å². The van der Waals surface area contributed by atoms with Gasteiger partial charge in [-0.2, -0.15) is 9.97 Å². The minimum atomic E-state index is -0.304. The SMILES string of the molecule is Oc1nc(-c2ccc(/C=C/c3ccc(N(c4ccccc4)c4ccccc4)cc3)s2)nc(-c2ccc(/C=C/c3ccc(N(c4ccccc4)c4ccccc4)cc3)s2)n1. The molecule has 0 saturated heterocycles. The first kappa shape index (κ1) is 37.2. The Morgan fingerprint density at radius 3 is 1.00 bits per heavy atom. The highest BCUT2D eigenvalue weighted by Gasteiger charge is 2.15. The normalized spacial score (nSPS) is 11.3. The molecule has 6 aromatic carbocycles. The van der Waals surface area contributed by atoms with Crippen molar-refractivity contribution in [1.29, 1.82) is 0 Å². The maximum absolute atomic E-state index is 10.6. The van der Waals surface area contributed by atoms with Gasteiger partial charge in [0, 0.05) is 43.9 Å². The van der Waals surface area contributed by atoms with Crippen LogP contribution in [-0.2, 0) is 0 Å². The number of para-hydroxylation sites is 4. The molecular formula is C51H37N5OS2. The Labute approximate surface area is 351 Å². The van der Waals surface area contributed by atoms with Crippen molar-refractivity contribution in [2.75, 3.05) is 9.80 Å². The van der Waals surface area contributed by atoms with Gasteiger partial charge in [-0.25, -0.2) is 4.98 Å². The van der Waals surface area contributed by atoms with Crippen LogP contribution in [0.15, 0.2) is 194 Å². The lowest BCUT2D eigenvalue weighted by molar-refractivity contribution is 0.430. The van der Waals surface area contributed by atoms with Gasteiger partial charge in [-0.3, -0.25) is 0 Å². The van der Waals surface area contributed by atoms with Gasteiger partial charge in [-0.1, -0.05) is 109 Å². The van der Waals surface area contributed by atoms with E-state index in [-0.39, 0.29) is 6.01 Å². The Hall–Kier alpha value is -7.39. The third-order valence-electron chi connectivity index (χ3n) is 9.56. The van der Waals surface area contributed by atoms with E-state index in [1.54, 1.807) is 22.7 Å². The molecule has 0 aliphatic heterocycles. The Morgan fingerprint density at radius 2 is 0.661 bits per heavy atom. The molecule has 1 N–H and O–H groups in total. The highest BCUT2D eigenvalue weighted by molar-refractivity contribution is 7.16. The molecule has 0 bridgehead atoms. The number of aromatic nitrogens is 3. The van der Waals surface area contributed by atoms with E-state index in [1.165, 1.54) is 0 Å². The van der Waals surface area contributed by atoms with Gasteiger partial charge in [0.1, 0.15) is 0 Å². The summed E-state index contributed by atoms with van der Waals surface area (Å²) < 4.78 is 0. The summed E-state index contributed by atoms with van der Waals surface area (Å²) in [5.41, 5.74) is 8.74. The molecule has 0 amide bonds. The molecule has 284 valence electrons. The standard InChI is InChI=1S/C51H37N5OS2/c57-51-53-49(47-35-33-45(58-47)31-25-37-21-27-43(28-22-37)55(39-13-5-1-6-14-39)40-15-7-2-8-16-40)52-50(54-51)48-36-34-46(59-48)32-26-38-23-29-44(30-24-38)56(41-17-9-3-10-18-41)42-19-11-4-12-20-42/h1-36H,(H,52,53,54,57)/b31-25+,32-26+. The van der Waals surface area contributed by atoms with Crippen molar-refractivity contribution < 1.29 is 5.11 Å². The monoisotopic (exact) mass is 799 g/mol.